The van der Waals surface area contributed by atoms with Crippen LogP contribution in [0.15, 0.2) is 29.4 Å². The maximum Gasteiger partial charge on any atom is 0.414 e. The summed E-state index contributed by atoms with van der Waals surface area (Å²) in [4.78, 5) is 37.5. The molecule has 1 atom stereocenters. The first-order chi connectivity index (χ1) is 14.0. The summed E-state index contributed by atoms with van der Waals surface area (Å²) < 4.78 is 17.5. The van der Waals surface area contributed by atoms with E-state index in [9.17, 15) is 18.8 Å². The molecule has 0 saturated carbocycles. The molecular weight excluding hydrogens is 381 g/mol. The number of rotatable bonds is 7. The molecule has 1 saturated heterocycles. The lowest BCUT2D eigenvalue weighted by Crippen LogP contribution is -2.37. The Morgan fingerprint density at radius 2 is 2.24 bits per heavy atom. The number of anilines is 2. The number of benzene rings is 1. The minimum absolute atomic E-state index is 0.0578. The number of carbonyl (C=O) groups excluding carboxylic acids is 3. The van der Waals surface area contributed by atoms with E-state index in [1.807, 2.05) is 36.1 Å². The van der Waals surface area contributed by atoms with Gasteiger partial charge in [0.05, 0.1) is 19.6 Å². The lowest BCUT2D eigenvalue weighted by atomic mass is 10.1. The number of nitrogens with one attached hydrogen (secondary N) is 1. The van der Waals surface area contributed by atoms with Gasteiger partial charge in [0.1, 0.15) is 12.4 Å². The second-order valence-corrected chi connectivity index (χ2v) is 6.49. The van der Waals surface area contributed by atoms with Crippen LogP contribution in [0.2, 0.25) is 0 Å². The van der Waals surface area contributed by atoms with E-state index in [4.69, 9.17) is 4.74 Å². The summed E-state index contributed by atoms with van der Waals surface area (Å²) in [6.45, 7) is 2.16. The molecule has 2 aliphatic heterocycles. The molecule has 0 radical (unpaired) electrons. The van der Waals surface area contributed by atoms with Crippen LogP contribution in [-0.4, -0.2) is 68.7 Å². The van der Waals surface area contributed by atoms with Gasteiger partial charge in [-0.15, -0.1) is 0 Å². The van der Waals surface area contributed by atoms with E-state index in [-0.39, 0.29) is 13.1 Å². The summed E-state index contributed by atoms with van der Waals surface area (Å²) in [6, 6.07) is 5.53. The Morgan fingerprint density at radius 3 is 2.90 bits per heavy atom. The van der Waals surface area contributed by atoms with Crippen molar-refractivity contribution in [3.05, 3.63) is 29.8 Å². The van der Waals surface area contributed by atoms with Crippen LogP contribution < -0.4 is 15.1 Å². The highest BCUT2D eigenvalue weighted by Gasteiger charge is 2.33. The van der Waals surface area contributed by atoms with Crippen LogP contribution >= 0.6 is 0 Å². The van der Waals surface area contributed by atoms with Gasteiger partial charge in [0.15, 0.2) is 6.67 Å². The van der Waals surface area contributed by atoms with Gasteiger partial charge in [-0.25, -0.2) is 14.2 Å². The van der Waals surface area contributed by atoms with Gasteiger partial charge in [-0.05, 0) is 30.7 Å². The number of ether oxygens (including phenoxy) is 1. The van der Waals surface area contributed by atoms with Crippen molar-refractivity contribution in [1.82, 2.24) is 10.3 Å². The van der Waals surface area contributed by atoms with Crippen molar-refractivity contribution in [1.29, 1.82) is 0 Å². The van der Waals surface area contributed by atoms with E-state index in [0.29, 0.717) is 25.2 Å². The molecule has 29 heavy (non-hydrogen) atoms. The minimum Gasteiger partial charge on any atom is -0.442 e. The number of hydrazone groups is 1. The largest absolute Gasteiger partial charge is 0.442 e. The molecule has 0 aliphatic carbocycles. The third-order valence-corrected chi connectivity index (χ3v) is 4.53. The highest BCUT2D eigenvalue weighted by Crippen LogP contribution is 2.30. The molecule has 0 bridgehead atoms. The Bertz CT molecular complexity index is 844. The molecular formula is C19H22FN5O4. The summed E-state index contributed by atoms with van der Waals surface area (Å²) in [7, 11) is 0. The summed E-state index contributed by atoms with van der Waals surface area (Å²) in [5.74, 6) is -0.740. The number of halogens is 1. The van der Waals surface area contributed by atoms with Crippen molar-refractivity contribution in [2.75, 3.05) is 42.7 Å². The van der Waals surface area contributed by atoms with Gasteiger partial charge in [-0.1, -0.05) is 12.2 Å². The zero-order valence-electron chi connectivity index (χ0n) is 16.0. The number of cyclic esters (lactones) is 1. The molecule has 2 aliphatic rings. The number of amides is 3. The van der Waals surface area contributed by atoms with E-state index in [2.05, 4.69) is 10.4 Å². The summed E-state index contributed by atoms with van der Waals surface area (Å²) in [6.07, 6.45) is 5.00. The monoisotopic (exact) mass is 403 g/mol. The fourth-order valence-electron chi connectivity index (χ4n) is 3.11. The van der Waals surface area contributed by atoms with Crippen LogP contribution in [0.4, 0.5) is 20.6 Å². The lowest BCUT2D eigenvalue weighted by molar-refractivity contribution is -0.122. The molecule has 1 aromatic rings. The molecule has 3 rings (SSSR count). The molecule has 1 unspecified atom stereocenters. The topological polar surface area (TPSA) is 94.6 Å². The van der Waals surface area contributed by atoms with Crippen molar-refractivity contribution < 1.29 is 23.5 Å². The highest BCUT2D eigenvalue weighted by atomic mass is 19.1. The van der Waals surface area contributed by atoms with Crippen molar-refractivity contribution in [2.24, 2.45) is 5.10 Å². The van der Waals surface area contributed by atoms with Gasteiger partial charge in [0, 0.05) is 17.9 Å². The van der Waals surface area contributed by atoms with E-state index < -0.39 is 24.8 Å². The van der Waals surface area contributed by atoms with E-state index in [1.54, 1.807) is 12.4 Å². The lowest BCUT2D eigenvalue weighted by Gasteiger charge is -2.28. The molecule has 154 valence electrons. The van der Waals surface area contributed by atoms with E-state index in [1.165, 1.54) is 9.91 Å². The predicted octanol–water partition coefficient (Wildman–Crippen LogP) is 1.35. The Balaban J connectivity index is 1.77. The fourth-order valence-corrected chi connectivity index (χ4v) is 3.11. The number of allylic oxidation sites excluding steroid dienone is 1. The SMILES string of the molecule is CC=Cc1cc(N2CC(CNC(=O)CF)OC2=O)ccc1N1C=NN(C=O)CC1. The second-order valence-electron chi connectivity index (χ2n) is 6.49. The smallest absolute Gasteiger partial charge is 0.414 e. The van der Waals surface area contributed by atoms with Crippen LogP contribution in [0.1, 0.15) is 12.5 Å². The van der Waals surface area contributed by atoms with Crippen LogP contribution in [0.25, 0.3) is 6.08 Å². The zero-order chi connectivity index (χ0) is 20.8. The Morgan fingerprint density at radius 1 is 1.41 bits per heavy atom. The van der Waals surface area contributed by atoms with Crippen molar-refractivity contribution in [3.8, 4) is 0 Å². The number of alkyl halides is 1. The molecule has 0 aromatic heterocycles. The molecule has 1 fully saturated rings. The average molecular weight is 403 g/mol. The second kappa shape index (κ2) is 9.18. The zero-order valence-corrected chi connectivity index (χ0v) is 16.0. The molecule has 2 heterocycles. The Hall–Kier alpha value is -3.43. The maximum atomic E-state index is 12.3. The first-order valence-corrected chi connectivity index (χ1v) is 9.16. The number of hydrogen-bond donors (Lipinski definition) is 1. The van der Waals surface area contributed by atoms with Crippen molar-refractivity contribution >= 4 is 42.2 Å². The molecule has 0 spiro atoms. The number of nitrogens with zero attached hydrogens (tertiary/aromatic N) is 4. The first kappa shape index (κ1) is 20.3. The van der Waals surface area contributed by atoms with Gasteiger partial charge in [-0.2, -0.15) is 5.10 Å². The normalized spacial score (nSPS) is 19.0. The van der Waals surface area contributed by atoms with Crippen LogP contribution in [0, 0.1) is 0 Å². The Kier molecular flexibility index (Phi) is 6.43. The van der Waals surface area contributed by atoms with Gasteiger partial charge in [0.2, 0.25) is 6.41 Å². The summed E-state index contributed by atoms with van der Waals surface area (Å²) in [5, 5.41) is 7.77. The third kappa shape index (κ3) is 4.71. The molecule has 1 aromatic carbocycles. The van der Waals surface area contributed by atoms with Gasteiger partial charge < -0.3 is 15.0 Å². The quantitative estimate of drug-likeness (QED) is 0.694. The molecule has 1 N–H and O–H groups in total. The molecule has 3 amide bonds. The third-order valence-electron chi connectivity index (χ3n) is 4.53. The number of carbonyl (C=O) groups is 3. The van der Waals surface area contributed by atoms with E-state index in [0.717, 1.165) is 11.3 Å². The van der Waals surface area contributed by atoms with Crippen LogP contribution in [0.3, 0.4) is 0 Å². The van der Waals surface area contributed by atoms with Crippen molar-refractivity contribution in [2.45, 2.75) is 13.0 Å². The standard InChI is InChI=1S/C19H22FN5O4/c1-2-3-14-8-15(4-5-17(14)23-6-7-24(13-26)22-12-23)25-11-16(29-19(25)28)10-21-18(27)9-20/h2-5,8,12-13,16H,6-7,9-11H2,1H3,(H,21,27). The fraction of sp³-hybridized carbons (Fsp3) is 0.368. The van der Waals surface area contributed by atoms with Crippen LogP contribution in [0.5, 0.6) is 0 Å². The van der Waals surface area contributed by atoms with Gasteiger partial charge in [-0.3, -0.25) is 14.5 Å². The van der Waals surface area contributed by atoms with Gasteiger partial charge >= 0.3 is 6.09 Å². The minimum atomic E-state index is -1.11. The highest BCUT2D eigenvalue weighted by molar-refractivity contribution is 5.92. The first-order valence-electron chi connectivity index (χ1n) is 9.16. The molecule has 10 heteroatoms. The Labute approximate surface area is 167 Å². The predicted molar refractivity (Wildman–Crippen MR) is 106 cm³/mol. The molecule has 9 nitrogen and oxygen atoms in total. The maximum absolute atomic E-state index is 12.3. The summed E-state index contributed by atoms with van der Waals surface area (Å²) >= 11 is 0. The van der Waals surface area contributed by atoms with Gasteiger partial charge in [0.25, 0.3) is 5.91 Å². The van der Waals surface area contributed by atoms with E-state index >= 15 is 0 Å². The number of hydrogen-bond acceptors (Lipinski definition) is 6. The average Bonchev–Trinajstić information content (AvgIpc) is 3.13. The van der Waals surface area contributed by atoms with Crippen LogP contribution in [-0.2, 0) is 14.3 Å². The summed E-state index contributed by atoms with van der Waals surface area (Å²) in [5.41, 5.74) is 2.41. The van der Waals surface area contributed by atoms with Crippen molar-refractivity contribution in [3.63, 3.8) is 0 Å².